The lowest BCUT2D eigenvalue weighted by atomic mass is 10.2. The molecule has 5 heteroatoms. The first-order valence-electron chi connectivity index (χ1n) is 8.31. The number of pyridine rings is 1. The van der Waals surface area contributed by atoms with Gasteiger partial charge >= 0.3 is 0 Å². The summed E-state index contributed by atoms with van der Waals surface area (Å²) in [6.07, 6.45) is 5.11. The van der Waals surface area contributed by atoms with Gasteiger partial charge < -0.3 is 4.57 Å². The van der Waals surface area contributed by atoms with Gasteiger partial charge in [-0.25, -0.2) is 0 Å². The Bertz CT molecular complexity index is 864. The molecule has 0 amide bonds. The van der Waals surface area contributed by atoms with Crippen LogP contribution in [0.2, 0.25) is 0 Å². The molecule has 0 aliphatic heterocycles. The summed E-state index contributed by atoms with van der Waals surface area (Å²) in [5.41, 5.74) is 2.17. The van der Waals surface area contributed by atoms with Crippen molar-refractivity contribution in [2.24, 2.45) is 0 Å². The zero-order valence-electron chi connectivity index (χ0n) is 12.9. The molecular formula is C18H18N4S. The lowest BCUT2D eigenvalue weighted by molar-refractivity contribution is 0.627. The van der Waals surface area contributed by atoms with E-state index in [1.165, 1.54) is 36.9 Å². The van der Waals surface area contributed by atoms with Crippen LogP contribution >= 0.6 is 11.8 Å². The second kappa shape index (κ2) is 5.34. The Morgan fingerprint density at radius 1 is 1.00 bits per heavy atom. The third kappa shape index (κ3) is 2.63. The van der Waals surface area contributed by atoms with Crippen molar-refractivity contribution >= 4 is 22.7 Å². The summed E-state index contributed by atoms with van der Waals surface area (Å²) >= 11 is 1.77. The lowest BCUT2D eigenvalue weighted by Gasteiger charge is -2.08. The highest BCUT2D eigenvalue weighted by Crippen LogP contribution is 2.46. The number of para-hydroxylation sites is 1. The van der Waals surface area contributed by atoms with Crippen molar-refractivity contribution in [3.63, 3.8) is 0 Å². The van der Waals surface area contributed by atoms with E-state index in [-0.39, 0.29) is 0 Å². The number of thioether (sulfide) groups is 1. The molecule has 2 saturated carbocycles. The predicted octanol–water partition coefficient (Wildman–Crippen LogP) is 4.33. The monoisotopic (exact) mass is 322 g/mol. The van der Waals surface area contributed by atoms with E-state index in [1.54, 1.807) is 11.8 Å². The summed E-state index contributed by atoms with van der Waals surface area (Å²) in [5.74, 6) is 2.73. The highest BCUT2D eigenvalue weighted by molar-refractivity contribution is 7.98. The minimum Gasteiger partial charge on any atom is -0.303 e. The van der Waals surface area contributed by atoms with E-state index in [0.717, 1.165) is 22.1 Å². The molecule has 23 heavy (non-hydrogen) atoms. The van der Waals surface area contributed by atoms with Crippen LogP contribution in [0.5, 0.6) is 0 Å². The molecular weight excluding hydrogens is 304 g/mol. The molecule has 0 unspecified atom stereocenters. The van der Waals surface area contributed by atoms with Gasteiger partial charge in [0.25, 0.3) is 0 Å². The van der Waals surface area contributed by atoms with E-state index in [2.05, 4.69) is 45.1 Å². The van der Waals surface area contributed by atoms with E-state index >= 15 is 0 Å². The zero-order valence-corrected chi connectivity index (χ0v) is 13.7. The highest BCUT2D eigenvalue weighted by Gasteiger charge is 2.36. The van der Waals surface area contributed by atoms with Crippen LogP contribution in [0, 0.1) is 0 Å². The summed E-state index contributed by atoms with van der Waals surface area (Å²) in [6, 6.07) is 13.2. The van der Waals surface area contributed by atoms with E-state index in [0.29, 0.717) is 12.0 Å². The molecule has 0 saturated heterocycles. The molecule has 0 bridgehead atoms. The van der Waals surface area contributed by atoms with Crippen LogP contribution in [0.1, 0.15) is 49.2 Å². The number of hydrogen-bond donors (Lipinski definition) is 0. The summed E-state index contributed by atoms with van der Waals surface area (Å²) in [6.45, 7) is 0. The number of benzene rings is 1. The first-order valence-corrected chi connectivity index (χ1v) is 9.29. The smallest absolute Gasteiger partial charge is 0.191 e. The molecule has 0 radical (unpaired) electrons. The summed E-state index contributed by atoms with van der Waals surface area (Å²) in [4.78, 5) is 4.76. The van der Waals surface area contributed by atoms with Crippen LogP contribution in [-0.4, -0.2) is 19.7 Å². The number of fused-ring (bicyclic) bond motifs is 1. The Labute approximate surface area is 139 Å². The summed E-state index contributed by atoms with van der Waals surface area (Å²) in [7, 11) is 0. The third-order valence-corrected chi connectivity index (χ3v) is 5.53. The molecule has 2 aromatic heterocycles. The number of rotatable bonds is 5. The fourth-order valence-electron chi connectivity index (χ4n) is 3.01. The van der Waals surface area contributed by atoms with Crippen molar-refractivity contribution in [2.45, 2.75) is 48.6 Å². The van der Waals surface area contributed by atoms with Gasteiger partial charge in [0.1, 0.15) is 5.82 Å². The number of hydrogen-bond acceptors (Lipinski definition) is 4. The fourth-order valence-corrected chi connectivity index (χ4v) is 3.93. The Morgan fingerprint density at radius 2 is 1.87 bits per heavy atom. The highest BCUT2D eigenvalue weighted by atomic mass is 32.2. The van der Waals surface area contributed by atoms with Gasteiger partial charge in [0.05, 0.1) is 11.2 Å². The van der Waals surface area contributed by atoms with E-state index in [4.69, 9.17) is 4.98 Å². The van der Waals surface area contributed by atoms with Gasteiger partial charge in [-0.3, -0.25) is 4.98 Å². The standard InChI is InChI=1S/C18H18N4S/c1-2-4-16-12(3-1)7-8-14(19-16)11-23-18-21-20-17(13-5-6-13)22(18)15-9-10-15/h1-4,7-8,13,15H,5-6,9-11H2. The molecule has 0 spiro atoms. The molecule has 1 aromatic carbocycles. The van der Waals surface area contributed by atoms with Crippen molar-refractivity contribution in [3.05, 3.63) is 47.9 Å². The van der Waals surface area contributed by atoms with Crippen LogP contribution in [-0.2, 0) is 5.75 Å². The van der Waals surface area contributed by atoms with E-state index < -0.39 is 0 Å². The van der Waals surface area contributed by atoms with Crippen molar-refractivity contribution in [1.29, 1.82) is 0 Å². The Balaban J connectivity index is 1.39. The normalized spacial score (nSPS) is 17.7. The van der Waals surface area contributed by atoms with Gasteiger partial charge in [-0.05, 0) is 37.8 Å². The minimum atomic E-state index is 0.646. The van der Waals surface area contributed by atoms with E-state index in [9.17, 15) is 0 Å². The minimum absolute atomic E-state index is 0.646. The number of aromatic nitrogens is 4. The first-order chi connectivity index (χ1) is 11.4. The second-order valence-corrected chi connectivity index (χ2v) is 7.44. The van der Waals surface area contributed by atoms with E-state index in [1.807, 2.05) is 6.07 Å². The average molecular weight is 322 g/mol. The molecule has 0 N–H and O–H groups in total. The van der Waals surface area contributed by atoms with Crippen LogP contribution < -0.4 is 0 Å². The molecule has 4 nitrogen and oxygen atoms in total. The van der Waals surface area contributed by atoms with Gasteiger partial charge in [-0.1, -0.05) is 36.0 Å². The molecule has 2 fully saturated rings. The Morgan fingerprint density at radius 3 is 2.70 bits per heavy atom. The molecule has 116 valence electrons. The topological polar surface area (TPSA) is 43.6 Å². The van der Waals surface area contributed by atoms with Gasteiger partial charge in [0.15, 0.2) is 5.16 Å². The van der Waals surface area contributed by atoms with Crippen molar-refractivity contribution < 1.29 is 0 Å². The Hall–Kier alpha value is -1.88. The fraction of sp³-hybridized carbons (Fsp3) is 0.389. The molecule has 3 aromatic rings. The number of nitrogens with zero attached hydrogens (tertiary/aromatic N) is 4. The van der Waals surface area contributed by atoms with Crippen molar-refractivity contribution in [3.8, 4) is 0 Å². The Kier molecular flexibility index (Phi) is 3.14. The molecule has 2 heterocycles. The maximum Gasteiger partial charge on any atom is 0.191 e. The van der Waals surface area contributed by atoms with Crippen LogP contribution in [0.4, 0.5) is 0 Å². The largest absolute Gasteiger partial charge is 0.303 e. The molecule has 2 aliphatic rings. The SMILES string of the molecule is c1ccc2nc(CSc3nnc(C4CC4)n3C3CC3)ccc2c1. The third-order valence-electron chi connectivity index (χ3n) is 4.55. The van der Waals surface area contributed by atoms with Crippen LogP contribution in [0.3, 0.4) is 0 Å². The zero-order chi connectivity index (χ0) is 15.2. The average Bonchev–Trinajstić information content (AvgIpc) is 3.51. The van der Waals surface area contributed by atoms with Crippen molar-refractivity contribution in [2.75, 3.05) is 0 Å². The van der Waals surface area contributed by atoms with Gasteiger partial charge in [0.2, 0.25) is 0 Å². The first kappa shape index (κ1) is 13.5. The molecule has 5 rings (SSSR count). The lowest BCUT2D eigenvalue weighted by Crippen LogP contribution is -2.02. The molecule has 0 atom stereocenters. The van der Waals surface area contributed by atoms with Gasteiger partial charge in [-0.15, -0.1) is 10.2 Å². The van der Waals surface area contributed by atoms with Crippen molar-refractivity contribution in [1.82, 2.24) is 19.7 Å². The predicted molar refractivity (Wildman–Crippen MR) is 91.6 cm³/mol. The maximum atomic E-state index is 4.76. The van der Waals surface area contributed by atoms with Gasteiger partial charge in [0, 0.05) is 23.1 Å². The van der Waals surface area contributed by atoms with Gasteiger partial charge in [-0.2, -0.15) is 0 Å². The second-order valence-electron chi connectivity index (χ2n) is 6.50. The maximum absolute atomic E-state index is 4.76. The molecule has 2 aliphatic carbocycles. The van der Waals surface area contributed by atoms with Crippen LogP contribution in [0.15, 0.2) is 41.6 Å². The van der Waals surface area contributed by atoms with Crippen LogP contribution in [0.25, 0.3) is 10.9 Å². The summed E-state index contributed by atoms with van der Waals surface area (Å²) < 4.78 is 2.41. The summed E-state index contributed by atoms with van der Waals surface area (Å²) in [5, 5.41) is 11.2. The quantitative estimate of drug-likeness (QED) is 0.656.